The molecule has 0 aliphatic carbocycles. The summed E-state index contributed by atoms with van der Waals surface area (Å²) >= 11 is 0. The molecule has 0 aromatic carbocycles. The molecule has 5 rings (SSSR count). The number of hydrogen-bond acceptors (Lipinski definition) is 7. The fourth-order valence-electron chi connectivity index (χ4n) is 4.84. The van der Waals surface area contributed by atoms with Gasteiger partial charge in [0.25, 0.3) is 11.8 Å². The first-order valence-electron chi connectivity index (χ1n) is 10.4. The van der Waals surface area contributed by atoms with Gasteiger partial charge >= 0.3 is 0 Å². The number of carbonyl (C=O) groups is 4. The van der Waals surface area contributed by atoms with Crippen LogP contribution in [0, 0.1) is 11.8 Å². The lowest BCUT2D eigenvalue weighted by molar-refractivity contribution is -0.147. The summed E-state index contributed by atoms with van der Waals surface area (Å²) in [5.74, 6) is -1.60. The van der Waals surface area contributed by atoms with Crippen molar-refractivity contribution in [2.24, 2.45) is 11.8 Å². The number of imide groups is 2. The van der Waals surface area contributed by atoms with E-state index >= 15 is 0 Å². The van der Waals surface area contributed by atoms with Gasteiger partial charge in [0.15, 0.2) is 0 Å². The second kappa shape index (κ2) is 7.58. The quantitative estimate of drug-likeness (QED) is 0.327. The Labute approximate surface area is 178 Å². The number of amides is 4. The van der Waals surface area contributed by atoms with E-state index in [0.29, 0.717) is 18.6 Å². The maximum absolute atomic E-state index is 13.1. The number of rotatable bonds is 9. The lowest BCUT2D eigenvalue weighted by Gasteiger charge is -2.28. The van der Waals surface area contributed by atoms with E-state index in [0.717, 1.165) is 4.90 Å². The Morgan fingerprint density at radius 2 is 1.74 bits per heavy atom. The molecule has 0 saturated carbocycles. The van der Waals surface area contributed by atoms with Crippen molar-refractivity contribution in [2.45, 2.75) is 31.2 Å². The van der Waals surface area contributed by atoms with E-state index in [1.54, 1.807) is 18.4 Å². The largest absolute Gasteiger partial charge is 0.467 e. The Bertz CT molecular complexity index is 964. The number of likely N-dealkylation sites (tertiary alicyclic amines) is 1. The van der Waals surface area contributed by atoms with Crippen LogP contribution in [0.5, 0.6) is 0 Å². The normalized spacial score (nSPS) is 31.0. The maximum Gasteiger partial charge on any atom is 0.253 e. The molecule has 2 bridgehead atoms. The van der Waals surface area contributed by atoms with E-state index in [9.17, 15) is 19.2 Å². The minimum atomic E-state index is -0.941. The highest BCUT2D eigenvalue weighted by Crippen LogP contribution is 2.52. The molecule has 5 heterocycles. The Hall–Kier alpha value is -3.04. The first kappa shape index (κ1) is 19.9. The summed E-state index contributed by atoms with van der Waals surface area (Å²) in [5, 5.41) is 0. The molecule has 4 amide bonds. The van der Waals surface area contributed by atoms with Crippen molar-refractivity contribution >= 4 is 23.6 Å². The maximum atomic E-state index is 13.1. The van der Waals surface area contributed by atoms with Gasteiger partial charge in [-0.25, -0.2) is 0 Å². The van der Waals surface area contributed by atoms with E-state index in [4.69, 9.17) is 13.9 Å². The molecule has 4 aliphatic rings. The van der Waals surface area contributed by atoms with Gasteiger partial charge in [0.05, 0.1) is 30.8 Å². The Morgan fingerprint density at radius 1 is 1.00 bits per heavy atom. The molecule has 4 unspecified atom stereocenters. The van der Waals surface area contributed by atoms with Crippen LogP contribution in [0.15, 0.2) is 47.1 Å². The summed E-state index contributed by atoms with van der Waals surface area (Å²) in [6.45, 7) is 0.930. The smallest absolute Gasteiger partial charge is 0.253 e. The first-order valence-corrected chi connectivity index (χ1v) is 10.4. The van der Waals surface area contributed by atoms with E-state index in [-0.39, 0.29) is 49.9 Å². The third-order valence-corrected chi connectivity index (χ3v) is 6.31. The van der Waals surface area contributed by atoms with Gasteiger partial charge in [-0.1, -0.05) is 12.2 Å². The van der Waals surface area contributed by atoms with Crippen molar-refractivity contribution in [3.05, 3.63) is 48.5 Å². The van der Waals surface area contributed by atoms with Crippen LogP contribution >= 0.6 is 0 Å². The third kappa shape index (κ3) is 3.24. The molecule has 9 nitrogen and oxygen atoms in total. The molecule has 0 radical (unpaired) electrons. The number of ether oxygens (including phenoxy) is 2. The molecular formula is C22H22N2O7. The van der Waals surface area contributed by atoms with Gasteiger partial charge < -0.3 is 13.9 Å². The SMILES string of the molecule is O=C1C=CC(=O)N1CCCCN1C(=O)C2C3C=CC(COCc4ccco4)(O3)C2C1=O. The predicted molar refractivity (Wildman–Crippen MR) is 104 cm³/mol. The summed E-state index contributed by atoms with van der Waals surface area (Å²) < 4.78 is 17.0. The average molecular weight is 426 g/mol. The molecule has 4 aliphatic heterocycles. The summed E-state index contributed by atoms with van der Waals surface area (Å²) in [5.41, 5.74) is -0.941. The zero-order valence-corrected chi connectivity index (χ0v) is 16.8. The molecule has 1 aromatic rings. The predicted octanol–water partition coefficient (Wildman–Crippen LogP) is 0.810. The Balaban J connectivity index is 1.18. The second-order valence-corrected chi connectivity index (χ2v) is 8.17. The van der Waals surface area contributed by atoms with Gasteiger partial charge in [0.2, 0.25) is 11.8 Å². The first-order chi connectivity index (χ1) is 15.0. The van der Waals surface area contributed by atoms with Gasteiger partial charge in [-0.2, -0.15) is 0 Å². The summed E-state index contributed by atoms with van der Waals surface area (Å²) in [4.78, 5) is 51.8. The fraction of sp³-hybridized carbons (Fsp3) is 0.455. The minimum Gasteiger partial charge on any atom is -0.467 e. The van der Waals surface area contributed by atoms with Crippen LogP contribution in [-0.4, -0.2) is 64.8 Å². The molecule has 2 saturated heterocycles. The van der Waals surface area contributed by atoms with Crippen LogP contribution in [0.3, 0.4) is 0 Å². The van der Waals surface area contributed by atoms with Crippen LogP contribution in [0.1, 0.15) is 18.6 Å². The fourth-order valence-corrected chi connectivity index (χ4v) is 4.84. The highest BCUT2D eigenvalue weighted by atomic mass is 16.6. The van der Waals surface area contributed by atoms with Gasteiger partial charge in [-0.15, -0.1) is 0 Å². The summed E-state index contributed by atoms with van der Waals surface area (Å²) in [7, 11) is 0. The van der Waals surface area contributed by atoms with Crippen LogP contribution in [0.25, 0.3) is 0 Å². The Kier molecular flexibility index (Phi) is 4.86. The van der Waals surface area contributed by atoms with Crippen LogP contribution in [-0.2, 0) is 35.3 Å². The molecule has 162 valence electrons. The van der Waals surface area contributed by atoms with Crippen molar-refractivity contribution in [1.82, 2.24) is 9.80 Å². The minimum absolute atomic E-state index is 0.154. The average Bonchev–Trinajstić information content (AvgIpc) is 3.55. The molecule has 2 fully saturated rings. The van der Waals surface area contributed by atoms with E-state index in [1.165, 1.54) is 17.1 Å². The van der Waals surface area contributed by atoms with E-state index in [2.05, 4.69) is 0 Å². The number of carbonyl (C=O) groups excluding carboxylic acids is 4. The number of furan rings is 1. The van der Waals surface area contributed by atoms with Gasteiger partial charge in [0, 0.05) is 25.2 Å². The molecule has 0 spiro atoms. The van der Waals surface area contributed by atoms with Crippen molar-refractivity contribution < 1.29 is 33.1 Å². The highest BCUT2D eigenvalue weighted by Gasteiger charge is 2.67. The van der Waals surface area contributed by atoms with Gasteiger partial charge in [-0.05, 0) is 25.0 Å². The van der Waals surface area contributed by atoms with E-state index < -0.39 is 23.5 Å². The number of hydrogen-bond donors (Lipinski definition) is 0. The molecule has 1 aromatic heterocycles. The summed E-state index contributed by atoms with van der Waals surface area (Å²) in [6.07, 6.45) is 8.32. The zero-order chi connectivity index (χ0) is 21.6. The molecule has 0 N–H and O–H groups in total. The van der Waals surface area contributed by atoms with Crippen molar-refractivity contribution in [1.29, 1.82) is 0 Å². The molecular weight excluding hydrogens is 404 g/mol. The highest BCUT2D eigenvalue weighted by molar-refractivity contribution is 6.12. The van der Waals surface area contributed by atoms with Gasteiger partial charge in [0.1, 0.15) is 18.0 Å². The standard InChI is InChI=1S/C22H22N2O7/c25-16-5-6-17(26)23(16)9-1-2-10-24-20(27)18-15-7-8-22(31-15,19(18)21(24)28)13-29-12-14-4-3-11-30-14/h3-8,11,15,18-19H,1-2,9-10,12-13H2. The van der Waals surface area contributed by atoms with Crippen LogP contribution in [0.4, 0.5) is 0 Å². The van der Waals surface area contributed by atoms with Crippen LogP contribution in [0.2, 0.25) is 0 Å². The van der Waals surface area contributed by atoms with Gasteiger partial charge in [-0.3, -0.25) is 29.0 Å². The topological polar surface area (TPSA) is 106 Å². The molecule has 9 heteroatoms. The van der Waals surface area contributed by atoms with Crippen molar-refractivity contribution in [3.8, 4) is 0 Å². The zero-order valence-electron chi connectivity index (χ0n) is 16.8. The van der Waals surface area contributed by atoms with Crippen molar-refractivity contribution in [2.75, 3.05) is 19.7 Å². The lowest BCUT2D eigenvalue weighted by Crippen LogP contribution is -2.44. The number of nitrogens with zero attached hydrogens (tertiary/aromatic N) is 2. The molecule has 4 atom stereocenters. The van der Waals surface area contributed by atoms with E-state index in [1.807, 2.05) is 12.2 Å². The summed E-state index contributed by atoms with van der Waals surface area (Å²) in [6, 6.07) is 3.57. The monoisotopic (exact) mass is 426 g/mol. The number of unbranched alkanes of at least 4 members (excludes halogenated alkanes) is 1. The third-order valence-electron chi connectivity index (χ3n) is 6.31. The lowest BCUT2D eigenvalue weighted by atomic mass is 9.77. The second-order valence-electron chi connectivity index (χ2n) is 8.17. The molecule has 31 heavy (non-hydrogen) atoms. The van der Waals surface area contributed by atoms with Crippen LogP contribution < -0.4 is 0 Å². The Morgan fingerprint density at radius 3 is 2.45 bits per heavy atom. The van der Waals surface area contributed by atoms with Crippen molar-refractivity contribution in [3.63, 3.8) is 0 Å². The number of fused-ring (bicyclic) bond motifs is 5.